The van der Waals surface area contributed by atoms with Gasteiger partial charge in [-0.15, -0.1) is 12.4 Å². The quantitative estimate of drug-likeness (QED) is 0.732. The molecule has 1 aromatic rings. The van der Waals surface area contributed by atoms with E-state index in [1.165, 1.54) is 0 Å². The lowest BCUT2D eigenvalue weighted by atomic mass is 10.1. The summed E-state index contributed by atoms with van der Waals surface area (Å²) in [7, 11) is 0. The van der Waals surface area contributed by atoms with Gasteiger partial charge in [-0.3, -0.25) is 4.79 Å². The number of nitrogens with zero attached hydrogens (tertiary/aromatic N) is 1. The van der Waals surface area contributed by atoms with Crippen molar-refractivity contribution in [3.8, 4) is 0 Å². The van der Waals surface area contributed by atoms with Crippen molar-refractivity contribution in [2.45, 2.75) is 18.8 Å². The zero-order valence-electron chi connectivity index (χ0n) is 13.6. The van der Waals surface area contributed by atoms with Gasteiger partial charge < -0.3 is 15.5 Å². The lowest BCUT2D eigenvalue weighted by molar-refractivity contribution is -0.122. The predicted octanol–water partition coefficient (Wildman–Crippen LogP) is 2.93. The van der Waals surface area contributed by atoms with E-state index < -0.39 is 0 Å². The summed E-state index contributed by atoms with van der Waals surface area (Å²) in [5, 5.41) is 7.54. The van der Waals surface area contributed by atoms with Crippen molar-refractivity contribution in [2.24, 2.45) is 5.92 Å². The summed E-state index contributed by atoms with van der Waals surface area (Å²) >= 11 is 12.0. The number of halogens is 3. The van der Waals surface area contributed by atoms with Gasteiger partial charge in [-0.05, 0) is 43.0 Å². The number of carbonyl (C=O) groups excluding carboxylic acids is 1. The normalized spacial score (nSPS) is 23.4. The Morgan fingerprint density at radius 3 is 2.71 bits per heavy atom. The van der Waals surface area contributed by atoms with Gasteiger partial charge in [0.25, 0.3) is 0 Å². The summed E-state index contributed by atoms with van der Waals surface area (Å²) in [5.41, 5.74) is 1.11. The van der Waals surface area contributed by atoms with Crippen LogP contribution in [0.4, 0.5) is 0 Å². The number of hydrogen-bond donors (Lipinski definition) is 2. The van der Waals surface area contributed by atoms with Crippen molar-refractivity contribution in [3.63, 3.8) is 0 Å². The average molecular weight is 393 g/mol. The molecule has 1 amide bonds. The first kappa shape index (κ1) is 19.8. The molecule has 1 saturated carbocycles. The van der Waals surface area contributed by atoms with Crippen LogP contribution in [0.25, 0.3) is 0 Å². The molecule has 24 heavy (non-hydrogen) atoms. The highest BCUT2D eigenvalue weighted by Gasteiger charge is 2.43. The molecule has 1 aliphatic carbocycles. The molecule has 1 saturated heterocycles. The Balaban J connectivity index is 0.00000208. The van der Waals surface area contributed by atoms with E-state index in [1.54, 1.807) is 6.07 Å². The van der Waals surface area contributed by atoms with E-state index in [-0.39, 0.29) is 30.2 Å². The zero-order valence-corrected chi connectivity index (χ0v) is 15.9. The summed E-state index contributed by atoms with van der Waals surface area (Å²) < 4.78 is 0. The SMILES string of the molecule is Cl.O=C(NCCCN1CCNCC1)C1CC1c1ccc(Cl)c(Cl)c1. The van der Waals surface area contributed by atoms with Gasteiger partial charge in [0.2, 0.25) is 5.91 Å². The van der Waals surface area contributed by atoms with E-state index in [4.69, 9.17) is 23.2 Å². The number of benzene rings is 1. The van der Waals surface area contributed by atoms with E-state index in [1.807, 2.05) is 12.1 Å². The highest BCUT2D eigenvalue weighted by atomic mass is 35.5. The predicted molar refractivity (Wildman–Crippen MR) is 101 cm³/mol. The maximum absolute atomic E-state index is 12.2. The first-order valence-corrected chi connectivity index (χ1v) is 9.06. The molecule has 0 spiro atoms. The third kappa shape index (κ3) is 5.24. The number of rotatable bonds is 6. The largest absolute Gasteiger partial charge is 0.356 e. The molecule has 2 fully saturated rings. The molecular weight excluding hydrogens is 369 g/mol. The van der Waals surface area contributed by atoms with Crippen molar-refractivity contribution in [1.29, 1.82) is 0 Å². The second-order valence-corrected chi connectivity index (χ2v) is 7.17. The standard InChI is InChI=1S/C17H23Cl2N3O.ClH/c18-15-3-2-12(10-16(15)19)13-11-14(13)17(23)21-4-1-7-22-8-5-20-6-9-22;/h2-3,10,13-14,20H,1,4-9,11H2,(H,21,23);1H. The Morgan fingerprint density at radius 2 is 2.00 bits per heavy atom. The van der Waals surface area contributed by atoms with Crippen LogP contribution in [0.2, 0.25) is 10.0 Å². The van der Waals surface area contributed by atoms with Gasteiger partial charge in [-0.2, -0.15) is 0 Å². The second-order valence-electron chi connectivity index (χ2n) is 6.36. The van der Waals surface area contributed by atoms with Crippen LogP contribution in [0.15, 0.2) is 18.2 Å². The van der Waals surface area contributed by atoms with E-state index in [0.717, 1.165) is 57.7 Å². The minimum Gasteiger partial charge on any atom is -0.356 e. The summed E-state index contributed by atoms with van der Waals surface area (Å²) in [6, 6.07) is 5.66. The number of amides is 1. The molecule has 2 atom stereocenters. The van der Waals surface area contributed by atoms with Crippen molar-refractivity contribution < 1.29 is 4.79 Å². The maximum Gasteiger partial charge on any atom is 0.223 e. The summed E-state index contributed by atoms with van der Waals surface area (Å²) in [6.45, 7) is 6.17. The Kier molecular flexibility index (Phi) is 7.63. The third-order valence-corrected chi connectivity index (χ3v) is 5.40. The fraction of sp³-hybridized carbons (Fsp3) is 0.588. The molecule has 2 aliphatic rings. The van der Waals surface area contributed by atoms with Crippen molar-refractivity contribution >= 4 is 41.5 Å². The van der Waals surface area contributed by atoms with Crippen LogP contribution in [-0.2, 0) is 4.79 Å². The average Bonchev–Trinajstić information content (AvgIpc) is 3.36. The zero-order chi connectivity index (χ0) is 16.2. The first-order valence-electron chi connectivity index (χ1n) is 8.31. The molecule has 2 N–H and O–H groups in total. The van der Waals surface area contributed by atoms with Crippen molar-refractivity contribution in [1.82, 2.24) is 15.5 Å². The van der Waals surface area contributed by atoms with Crippen LogP contribution in [0.3, 0.4) is 0 Å². The Labute approximate surface area is 159 Å². The lowest BCUT2D eigenvalue weighted by Gasteiger charge is -2.27. The number of hydrogen-bond acceptors (Lipinski definition) is 3. The topological polar surface area (TPSA) is 44.4 Å². The van der Waals surface area contributed by atoms with Crippen molar-refractivity contribution in [3.05, 3.63) is 33.8 Å². The van der Waals surface area contributed by atoms with Crippen LogP contribution in [-0.4, -0.2) is 50.1 Å². The van der Waals surface area contributed by atoms with Gasteiger partial charge in [0.1, 0.15) is 0 Å². The molecule has 2 unspecified atom stereocenters. The molecule has 3 rings (SSSR count). The molecule has 4 nitrogen and oxygen atoms in total. The first-order chi connectivity index (χ1) is 11.1. The van der Waals surface area contributed by atoms with Gasteiger partial charge in [0, 0.05) is 38.6 Å². The highest BCUT2D eigenvalue weighted by Crippen LogP contribution is 2.48. The van der Waals surface area contributed by atoms with Gasteiger partial charge in [0.05, 0.1) is 10.0 Å². The summed E-state index contributed by atoms with van der Waals surface area (Å²) in [4.78, 5) is 14.6. The van der Waals surface area contributed by atoms with Gasteiger partial charge in [0.15, 0.2) is 0 Å². The van der Waals surface area contributed by atoms with E-state index in [0.29, 0.717) is 10.0 Å². The fourth-order valence-corrected chi connectivity index (χ4v) is 3.48. The maximum atomic E-state index is 12.2. The Morgan fingerprint density at radius 1 is 1.25 bits per heavy atom. The van der Waals surface area contributed by atoms with Gasteiger partial charge >= 0.3 is 0 Å². The molecule has 1 heterocycles. The van der Waals surface area contributed by atoms with Crippen LogP contribution < -0.4 is 10.6 Å². The van der Waals surface area contributed by atoms with Gasteiger partial charge in [-0.25, -0.2) is 0 Å². The lowest BCUT2D eigenvalue weighted by Crippen LogP contribution is -2.44. The molecule has 1 aromatic carbocycles. The van der Waals surface area contributed by atoms with Gasteiger partial charge in [-0.1, -0.05) is 29.3 Å². The summed E-state index contributed by atoms with van der Waals surface area (Å²) in [6.07, 6.45) is 1.91. The fourth-order valence-electron chi connectivity index (χ4n) is 3.18. The van der Waals surface area contributed by atoms with Crippen molar-refractivity contribution in [2.75, 3.05) is 39.3 Å². The monoisotopic (exact) mass is 391 g/mol. The smallest absolute Gasteiger partial charge is 0.223 e. The summed E-state index contributed by atoms with van der Waals surface area (Å²) in [5.74, 6) is 0.547. The molecule has 0 radical (unpaired) electrons. The molecular formula is C17H24Cl3N3O. The highest BCUT2D eigenvalue weighted by molar-refractivity contribution is 6.42. The second kappa shape index (κ2) is 9.25. The van der Waals surface area contributed by atoms with Crippen LogP contribution in [0.5, 0.6) is 0 Å². The molecule has 134 valence electrons. The van der Waals surface area contributed by atoms with Crippen LogP contribution >= 0.6 is 35.6 Å². The van der Waals surface area contributed by atoms with Crippen LogP contribution in [0, 0.1) is 5.92 Å². The van der Waals surface area contributed by atoms with E-state index in [9.17, 15) is 4.79 Å². The Hall–Kier alpha value is -0.520. The number of carbonyl (C=O) groups is 1. The minimum absolute atomic E-state index is 0. The number of piperazine rings is 1. The Bertz CT molecular complexity index is 564. The minimum atomic E-state index is 0. The molecule has 0 bridgehead atoms. The molecule has 7 heteroatoms. The van der Waals surface area contributed by atoms with E-state index >= 15 is 0 Å². The number of nitrogens with one attached hydrogen (secondary N) is 2. The van der Waals surface area contributed by atoms with Crippen LogP contribution in [0.1, 0.15) is 24.3 Å². The molecule has 1 aliphatic heterocycles. The van der Waals surface area contributed by atoms with E-state index in [2.05, 4.69) is 15.5 Å². The third-order valence-electron chi connectivity index (χ3n) is 4.66. The molecule has 0 aromatic heterocycles.